The minimum Gasteiger partial charge on any atom is -0.494 e. The van der Waals surface area contributed by atoms with Gasteiger partial charge in [0.15, 0.2) is 5.78 Å². The third-order valence-electron chi connectivity index (χ3n) is 5.50. The maximum Gasteiger partial charge on any atom is 0.343 e. The van der Waals surface area contributed by atoms with Gasteiger partial charge in [-0.05, 0) is 78.7 Å². The number of ether oxygens (including phenoxy) is 2. The lowest BCUT2D eigenvalue weighted by Gasteiger charge is -2.08. The van der Waals surface area contributed by atoms with Crippen LogP contribution >= 0.6 is 11.6 Å². The van der Waals surface area contributed by atoms with Crippen LogP contribution in [0.2, 0.25) is 5.02 Å². The fraction of sp³-hybridized carbons (Fsp3) is 0.267. The van der Waals surface area contributed by atoms with Gasteiger partial charge in [0, 0.05) is 10.6 Å². The van der Waals surface area contributed by atoms with E-state index in [4.69, 9.17) is 21.1 Å². The van der Waals surface area contributed by atoms with Crippen molar-refractivity contribution in [2.24, 2.45) is 0 Å². The highest BCUT2D eigenvalue weighted by molar-refractivity contribution is 6.30. The van der Waals surface area contributed by atoms with Crippen LogP contribution in [0.5, 0.6) is 11.5 Å². The van der Waals surface area contributed by atoms with Crippen molar-refractivity contribution in [1.29, 1.82) is 0 Å². The Hall–Kier alpha value is -3.37. The summed E-state index contributed by atoms with van der Waals surface area (Å²) in [6.45, 7) is 2.89. The molecule has 0 saturated carbocycles. The lowest BCUT2D eigenvalue weighted by atomic mass is 10.1. The number of ketones is 1. The molecule has 0 amide bonds. The molecule has 5 heteroatoms. The molecule has 0 aliphatic carbocycles. The van der Waals surface area contributed by atoms with Gasteiger partial charge in [0.2, 0.25) is 0 Å². The lowest BCUT2D eigenvalue weighted by Crippen LogP contribution is -2.08. The highest BCUT2D eigenvalue weighted by atomic mass is 35.5. The van der Waals surface area contributed by atoms with E-state index in [0.29, 0.717) is 28.5 Å². The summed E-state index contributed by atoms with van der Waals surface area (Å²) >= 11 is 5.87. The van der Waals surface area contributed by atoms with E-state index in [9.17, 15) is 9.59 Å². The Kier molecular flexibility index (Phi) is 10.6. The molecule has 0 saturated heterocycles. The van der Waals surface area contributed by atoms with Crippen molar-refractivity contribution in [3.05, 3.63) is 101 Å². The maximum absolute atomic E-state index is 12.5. The van der Waals surface area contributed by atoms with Crippen LogP contribution in [0.1, 0.15) is 71.7 Å². The SMILES string of the molecule is CCCCCCCCOc1ccc(C(=O)Oc2ccc(C(=O)/C=C/c3ccc(Cl)cc3)cc2)cc1. The number of esters is 1. The predicted molar refractivity (Wildman–Crippen MR) is 142 cm³/mol. The molecule has 0 fully saturated rings. The van der Waals surface area contributed by atoms with E-state index >= 15 is 0 Å². The van der Waals surface area contributed by atoms with Crippen molar-refractivity contribution >= 4 is 29.4 Å². The number of carbonyl (C=O) groups excluding carboxylic acids is 2. The first kappa shape index (κ1) is 26.2. The zero-order valence-electron chi connectivity index (χ0n) is 20.0. The first-order valence-electron chi connectivity index (χ1n) is 12.1. The van der Waals surface area contributed by atoms with Gasteiger partial charge in [0.05, 0.1) is 12.2 Å². The molecular formula is C30H31ClO4. The number of benzene rings is 3. The molecule has 0 radical (unpaired) electrons. The molecule has 0 aromatic heterocycles. The second-order valence-electron chi connectivity index (χ2n) is 8.30. The van der Waals surface area contributed by atoms with Crippen molar-refractivity contribution in [3.8, 4) is 11.5 Å². The van der Waals surface area contributed by atoms with Crippen LogP contribution in [0.25, 0.3) is 6.08 Å². The highest BCUT2D eigenvalue weighted by Crippen LogP contribution is 2.18. The molecule has 0 heterocycles. The summed E-state index contributed by atoms with van der Waals surface area (Å²) in [7, 11) is 0. The Balaban J connectivity index is 1.45. The molecule has 0 aliphatic heterocycles. The number of halogens is 1. The van der Waals surface area contributed by atoms with Gasteiger partial charge in [-0.3, -0.25) is 4.79 Å². The fourth-order valence-corrected chi connectivity index (χ4v) is 3.58. The lowest BCUT2D eigenvalue weighted by molar-refractivity contribution is 0.0734. The van der Waals surface area contributed by atoms with Gasteiger partial charge in [0.1, 0.15) is 11.5 Å². The van der Waals surface area contributed by atoms with Crippen molar-refractivity contribution in [1.82, 2.24) is 0 Å². The van der Waals surface area contributed by atoms with E-state index in [2.05, 4.69) is 6.92 Å². The van der Waals surface area contributed by atoms with E-state index in [-0.39, 0.29) is 5.78 Å². The average Bonchev–Trinajstić information content (AvgIpc) is 2.88. The summed E-state index contributed by atoms with van der Waals surface area (Å²) in [6.07, 6.45) is 10.5. The Morgan fingerprint density at radius 3 is 2.03 bits per heavy atom. The molecule has 35 heavy (non-hydrogen) atoms. The first-order valence-corrected chi connectivity index (χ1v) is 12.5. The van der Waals surface area contributed by atoms with E-state index in [0.717, 1.165) is 17.7 Å². The van der Waals surface area contributed by atoms with Crippen LogP contribution in [0.15, 0.2) is 78.9 Å². The van der Waals surface area contributed by atoms with Gasteiger partial charge >= 0.3 is 5.97 Å². The van der Waals surface area contributed by atoms with Crippen LogP contribution < -0.4 is 9.47 Å². The highest BCUT2D eigenvalue weighted by Gasteiger charge is 2.10. The summed E-state index contributed by atoms with van der Waals surface area (Å²) in [4.78, 5) is 24.9. The third-order valence-corrected chi connectivity index (χ3v) is 5.76. The molecule has 3 aromatic rings. The first-order chi connectivity index (χ1) is 17.0. The van der Waals surface area contributed by atoms with Gasteiger partial charge in [0.25, 0.3) is 0 Å². The van der Waals surface area contributed by atoms with Crippen molar-refractivity contribution in [2.75, 3.05) is 6.61 Å². The third kappa shape index (κ3) is 9.06. The minimum absolute atomic E-state index is 0.144. The van der Waals surface area contributed by atoms with E-state index in [1.165, 1.54) is 38.2 Å². The standard InChI is InChI=1S/C30H31ClO4/c1-2-3-4-5-6-7-22-34-27-17-13-25(14-18-27)30(33)35-28-19-11-24(12-20-28)29(32)21-10-23-8-15-26(31)16-9-23/h8-21H,2-7,22H2,1H3/b21-10+. The van der Waals surface area contributed by atoms with Crippen molar-refractivity contribution in [3.63, 3.8) is 0 Å². The number of allylic oxidation sites excluding steroid dienone is 1. The number of rotatable bonds is 13. The molecule has 4 nitrogen and oxygen atoms in total. The molecule has 182 valence electrons. The van der Waals surface area contributed by atoms with Gasteiger partial charge in [-0.1, -0.05) is 68.8 Å². The summed E-state index contributed by atoms with van der Waals surface area (Å²) in [6, 6.07) is 20.6. The fourth-order valence-electron chi connectivity index (χ4n) is 3.45. The van der Waals surface area contributed by atoms with E-state index in [1.807, 2.05) is 12.1 Å². The maximum atomic E-state index is 12.5. The Morgan fingerprint density at radius 2 is 1.34 bits per heavy atom. The zero-order chi connectivity index (χ0) is 24.9. The number of unbranched alkanes of at least 4 members (excludes halogenated alkanes) is 5. The van der Waals surface area contributed by atoms with Crippen LogP contribution in [0.3, 0.4) is 0 Å². The minimum atomic E-state index is -0.464. The van der Waals surface area contributed by atoms with Crippen LogP contribution in [0.4, 0.5) is 0 Å². The number of hydrogen-bond donors (Lipinski definition) is 0. The van der Waals surface area contributed by atoms with Crippen molar-refractivity contribution in [2.45, 2.75) is 45.4 Å². The molecule has 0 bridgehead atoms. The van der Waals surface area contributed by atoms with Gasteiger partial charge < -0.3 is 9.47 Å². The van der Waals surface area contributed by atoms with Crippen LogP contribution in [0, 0.1) is 0 Å². The Labute approximate surface area is 212 Å². The topological polar surface area (TPSA) is 52.6 Å². The molecule has 0 spiro atoms. The predicted octanol–water partition coefficient (Wildman–Crippen LogP) is 8.19. The molecule has 3 aromatic carbocycles. The summed E-state index contributed by atoms with van der Waals surface area (Å²) < 4.78 is 11.2. The Bertz CT molecular complexity index is 1100. The molecule has 0 atom stereocenters. The monoisotopic (exact) mass is 490 g/mol. The molecule has 0 aliphatic rings. The van der Waals surface area contributed by atoms with Crippen molar-refractivity contribution < 1.29 is 19.1 Å². The molecule has 0 N–H and O–H groups in total. The molecular weight excluding hydrogens is 460 g/mol. The quantitative estimate of drug-likeness (QED) is 0.0796. The summed E-state index contributed by atoms with van der Waals surface area (Å²) in [5, 5.41) is 0.645. The molecule has 3 rings (SSSR count). The summed E-state index contributed by atoms with van der Waals surface area (Å²) in [5.74, 6) is 0.504. The second kappa shape index (κ2) is 14.1. The van der Waals surface area contributed by atoms with Crippen LogP contribution in [-0.4, -0.2) is 18.4 Å². The van der Waals surface area contributed by atoms with Gasteiger partial charge in [-0.25, -0.2) is 4.79 Å². The second-order valence-corrected chi connectivity index (χ2v) is 8.74. The van der Waals surface area contributed by atoms with Crippen LogP contribution in [-0.2, 0) is 0 Å². The van der Waals surface area contributed by atoms with E-state index < -0.39 is 5.97 Å². The zero-order valence-corrected chi connectivity index (χ0v) is 20.8. The average molecular weight is 491 g/mol. The normalized spacial score (nSPS) is 10.9. The van der Waals surface area contributed by atoms with Gasteiger partial charge in [-0.2, -0.15) is 0 Å². The van der Waals surface area contributed by atoms with E-state index in [1.54, 1.807) is 66.7 Å². The number of hydrogen-bond acceptors (Lipinski definition) is 4. The van der Waals surface area contributed by atoms with Gasteiger partial charge in [-0.15, -0.1) is 0 Å². The largest absolute Gasteiger partial charge is 0.494 e. The molecule has 0 unspecified atom stereocenters. The summed E-state index contributed by atoms with van der Waals surface area (Å²) in [5.41, 5.74) is 1.82. The number of carbonyl (C=O) groups is 2. The smallest absolute Gasteiger partial charge is 0.343 e. The Morgan fingerprint density at radius 1 is 0.743 bits per heavy atom.